The van der Waals surface area contributed by atoms with Gasteiger partial charge in [0.15, 0.2) is 5.69 Å². The molecule has 1 atom stereocenters. The largest absolute Gasteiger partial charge is 0.394 e. The summed E-state index contributed by atoms with van der Waals surface area (Å²) in [5, 5.41) is 17.3. The summed E-state index contributed by atoms with van der Waals surface area (Å²) in [6, 6.07) is 6.65. The monoisotopic (exact) mass is 317 g/mol. The van der Waals surface area contributed by atoms with E-state index < -0.39 is 0 Å². The van der Waals surface area contributed by atoms with Crippen LogP contribution in [0.5, 0.6) is 0 Å². The first-order valence-electron chi connectivity index (χ1n) is 7.89. The highest BCUT2D eigenvalue weighted by Crippen LogP contribution is 2.14. The zero-order valence-electron chi connectivity index (χ0n) is 13.7. The molecule has 2 rings (SSSR count). The molecule has 0 saturated heterocycles. The van der Waals surface area contributed by atoms with Gasteiger partial charge in [0.2, 0.25) is 0 Å². The molecule has 0 aliphatic carbocycles. The lowest BCUT2D eigenvalue weighted by molar-refractivity contribution is 0.0909. The number of amides is 1. The number of hydrogen-bond donors (Lipinski definition) is 2. The van der Waals surface area contributed by atoms with E-state index in [0.717, 1.165) is 0 Å². The Balaban J connectivity index is 2.55. The normalized spacial score (nSPS) is 12.6. The second kappa shape index (κ2) is 7.37. The van der Waals surface area contributed by atoms with E-state index in [1.54, 1.807) is 24.3 Å². The van der Waals surface area contributed by atoms with Crippen LogP contribution in [0.2, 0.25) is 0 Å². The first kappa shape index (κ1) is 17.1. The van der Waals surface area contributed by atoms with Crippen LogP contribution < -0.4 is 10.9 Å². The standard InChI is InChI=1S/C17H23N3O3/c1-4-12(10-21)18-16(22)15-13-7-5-6-8-14(13)17(23)20(19-15)9-11(2)3/h5-8,11-12,21H,4,9-10H2,1-3H3,(H,18,22). The lowest BCUT2D eigenvalue weighted by atomic mass is 10.1. The quantitative estimate of drug-likeness (QED) is 0.846. The molecule has 0 aliphatic heterocycles. The maximum absolute atomic E-state index is 12.5. The molecular weight excluding hydrogens is 294 g/mol. The highest BCUT2D eigenvalue weighted by atomic mass is 16.3. The van der Waals surface area contributed by atoms with E-state index >= 15 is 0 Å². The predicted molar refractivity (Wildman–Crippen MR) is 89.5 cm³/mol. The van der Waals surface area contributed by atoms with Crippen molar-refractivity contribution < 1.29 is 9.90 Å². The number of aliphatic hydroxyl groups excluding tert-OH is 1. The van der Waals surface area contributed by atoms with Gasteiger partial charge in [-0.05, 0) is 18.4 Å². The third kappa shape index (κ3) is 3.76. The summed E-state index contributed by atoms with van der Waals surface area (Å²) in [6.07, 6.45) is 0.617. The molecule has 1 aromatic carbocycles. The van der Waals surface area contributed by atoms with Gasteiger partial charge < -0.3 is 10.4 Å². The Kier molecular flexibility index (Phi) is 5.50. The van der Waals surface area contributed by atoms with Crippen molar-refractivity contribution in [1.29, 1.82) is 0 Å². The van der Waals surface area contributed by atoms with E-state index in [9.17, 15) is 14.7 Å². The molecule has 0 saturated carbocycles. The number of hydrogen-bond acceptors (Lipinski definition) is 4. The number of carbonyl (C=O) groups is 1. The SMILES string of the molecule is CCC(CO)NC(=O)c1nn(CC(C)C)c(=O)c2ccccc12. The number of nitrogens with one attached hydrogen (secondary N) is 1. The number of aromatic nitrogens is 2. The third-order valence-electron chi connectivity index (χ3n) is 3.67. The molecule has 0 bridgehead atoms. The molecule has 0 radical (unpaired) electrons. The third-order valence-corrected chi connectivity index (χ3v) is 3.67. The molecule has 1 amide bonds. The van der Waals surface area contributed by atoms with Crippen molar-refractivity contribution in [3.63, 3.8) is 0 Å². The average Bonchev–Trinajstić information content (AvgIpc) is 2.54. The van der Waals surface area contributed by atoms with Gasteiger partial charge in [0, 0.05) is 11.9 Å². The van der Waals surface area contributed by atoms with Crippen LogP contribution in [0, 0.1) is 5.92 Å². The Labute approximate surface area is 135 Å². The van der Waals surface area contributed by atoms with Crippen LogP contribution in [-0.4, -0.2) is 33.4 Å². The van der Waals surface area contributed by atoms with Crippen molar-refractivity contribution in [2.45, 2.75) is 39.8 Å². The Bertz CT molecular complexity index is 748. The summed E-state index contributed by atoms with van der Waals surface area (Å²) in [6.45, 7) is 6.17. The molecule has 2 aromatic rings. The second-order valence-electron chi connectivity index (χ2n) is 6.04. The van der Waals surface area contributed by atoms with Gasteiger partial charge >= 0.3 is 0 Å². The summed E-state index contributed by atoms with van der Waals surface area (Å²) in [4.78, 5) is 25.0. The summed E-state index contributed by atoms with van der Waals surface area (Å²) in [5.74, 6) is -0.141. The molecule has 0 fully saturated rings. The van der Waals surface area contributed by atoms with Crippen molar-refractivity contribution in [2.75, 3.05) is 6.61 Å². The van der Waals surface area contributed by atoms with Crippen molar-refractivity contribution >= 4 is 16.7 Å². The minimum absolute atomic E-state index is 0.133. The van der Waals surface area contributed by atoms with Crippen LogP contribution in [0.4, 0.5) is 0 Å². The fourth-order valence-corrected chi connectivity index (χ4v) is 2.40. The summed E-state index contributed by atoms with van der Waals surface area (Å²) in [5.41, 5.74) is 0.0211. The summed E-state index contributed by atoms with van der Waals surface area (Å²) in [7, 11) is 0. The molecule has 1 unspecified atom stereocenters. The number of benzene rings is 1. The highest BCUT2D eigenvalue weighted by Gasteiger charge is 2.19. The van der Waals surface area contributed by atoms with Crippen LogP contribution in [-0.2, 0) is 6.54 Å². The van der Waals surface area contributed by atoms with Gasteiger partial charge in [-0.3, -0.25) is 9.59 Å². The maximum atomic E-state index is 12.5. The number of fused-ring (bicyclic) bond motifs is 1. The predicted octanol–water partition coefficient (Wildman–Crippen LogP) is 1.55. The zero-order valence-corrected chi connectivity index (χ0v) is 13.7. The van der Waals surface area contributed by atoms with E-state index in [2.05, 4.69) is 10.4 Å². The number of carbonyl (C=O) groups excluding carboxylic acids is 1. The molecule has 0 aliphatic rings. The van der Waals surface area contributed by atoms with Crippen molar-refractivity contribution in [2.24, 2.45) is 5.92 Å². The van der Waals surface area contributed by atoms with Gasteiger partial charge in [0.25, 0.3) is 11.5 Å². The first-order chi connectivity index (χ1) is 11.0. The topological polar surface area (TPSA) is 84.2 Å². The minimum atomic E-state index is -0.375. The Hall–Kier alpha value is -2.21. The fourth-order valence-electron chi connectivity index (χ4n) is 2.40. The lowest BCUT2D eigenvalue weighted by Gasteiger charge is -2.16. The van der Waals surface area contributed by atoms with Gasteiger partial charge in [-0.25, -0.2) is 4.68 Å². The highest BCUT2D eigenvalue weighted by molar-refractivity contribution is 6.04. The van der Waals surface area contributed by atoms with Crippen LogP contribution >= 0.6 is 0 Å². The molecule has 0 spiro atoms. The molecular formula is C17H23N3O3. The minimum Gasteiger partial charge on any atom is -0.394 e. The van der Waals surface area contributed by atoms with Crippen LogP contribution in [0.1, 0.15) is 37.7 Å². The van der Waals surface area contributed by atoms with Crippen molar-refractivity contribution in [1.82, 2.24) is 15.1 Å². The second-order valence-corrected chi connectivity index (χ2v) is 6.04. The first-order valence-corrected chi connectivity index (χ1v) is 7.89. The van der Waals surface area contributed by atoms with Crippen LogP contribution in [0.15, 0.2) is 29.1 Å². The average molecular weight is 317 g/mol. The number of nitrogens with zero attached hydrogens (tertiary/aromatic N) is 2. The zero-order chi connectivity index (χ0) is 17.0. The molecule has 23 heavy (non-hydrogen) atoms. The fraction of sp³-hybridized carbons (Fsp3) is 0.471. The summed E-state index contributed by atoms with van der Waals surface area (Å²) < 4.78 is 1.35. The number of aliphatic hydroxyl groups is 1. The smallest absolute Gasteiger partial charge is 0.274 e. The lowest BCUT2D eigenvalue weighted by Crippen LogP contribution is -2.39. The van der Waals surface area contributed by atoms with Crippen molar-refractivity contribution in [3.8, 4) is 0 Å². The van der Waals surface area contributed by atoms with Crippen LogP contribution in [0.25, 0.3) is 10.8 Å². The molecule has 2 N–H and O–H groups in total. The van der Waals surface area contributed by atoms with Crippen LogP contribution in [0.3, 0.4) is 0 Å². The maximum Gasteiger partial charge on any atom is 0.274 e. The van der Waals surface area contributed by atoms with E-state index in [0.29, 0.717) is 23.7 Å². The van der Waals surface area contributed by atoms with Gasteiger partial charge in [-0.2, -0.15) is 5.10 Å². The van der Waals surface area contributed by atoms with E-state index in [4.69, 9.17) is 0 Å². The van der Waals surface area contributed by atoms with Gasteiger partial charge in [0.05, 0.1) is 18.0 Å². The molecule has 1 aromatic heterocycles. The Morgan fingerprint density at radius 2 is 1.96 bits per heavy atom. The Morgan fingerprint density at radius 3 is 2.52 bits per heavy atom. The van der Waals surface area contributed by atoms with E-state index in [1.165, 1.54) is 4.68 Å². The molecule has 6 nitrogen and oxygen atoms in total. The Morgan fingerprint density at radius 1 is 1.30 bits per heavy atom. The van der Waals surface area contributed by atoms with E-state index in [1.807, 2.05) is 20.8 Å². The van der Waals surface area contributed by atoms with E-state index in [-0.39, 0.29) is 35.7 Å². The van der Waals surface area contributed by atoms with Crippen molar-refractivity contribution in [3.05, 3.63) is 40.3 Å². The van der Waals surface area contributed by atoms with Gasteiger partial charge in [0.1, 0.15) is 0 Å². The number of rotatable bonds is 6. The van der Waals surface area contributed by atoms with Gasteiger partial charge in [-0.15, -0.1) is 0 Å². The molecule has 6 heteroatoms. The summed E-state index contributed by atoms with van der Waals surface area (Å²) >= 11 is 0. The molecule has 124 valence electrons. The van der Waals surface area contributed by atoms with Gasteiger partial charge in [-0.1, -0.05) is 39.0 Å². The molecule has 1 heterocycles.